The molecule has 1 rings (SSSR count). The van der Waals surface area contributed by atoms with Crippen molar-refractivity contribution in [3.05, 3.63) is 17.2 Å². The summed E-state index contributed by atoms with van der Waals surface area (Å²) in [5.41, 5.74) is 2.94. The summed E-state index contributed by atoms with van der Waals surface area (Å²) >= 11 is 5.77. The Balaban J connectivity index is 3.33. The van der Waals surface area contributed by atoms with Crippen molar-refractivity contribution in [2.45, 2.75) is 13.8 Å². The fourth-order valence-corrected chi connectivity index (χ4v) is 2.78. The molecule has 0 aliphatic rings. The molecule has 0 aliphatic carbocycles. The lowest BCUT2D eigenvalue weighted by Crippen LogP contribution is -2.20. The molecule has 2 radical (unpaired) electrons. The Bertz CT molecular complexity index is 353. The Morgan fingerprint density at radius 3 is 2.27 bits per heavy atom. The van der Waals surface area contributed by atoms with Crippen LogP contribution >= 0.6 is 11.6 Å². The molecule has 1 aromatic rings. The number of methoxy groups -OCH3 is 2. The minimum absolute atomic E-state index is 0.545. The van der Waals surface area contributed by atoms with Crippen molar-refractivity contribution in [1.82, 2.24) is 0 Å². The van der Waals surface area contributed by atoms with Gasteiger partial charge < -0.3 is 9.47 Å². The van der Waals surface area contributed by atoms with Gasteiger partial charge in [0.15, 0.2) is 11.5 Å². The van der Waals surface area contributed by atoms with Gasteiger partial charge in [-0.25, -0.2) is 0 Å². The van der Waals surface area contributed by atoms with Crippen molar-refractivity contribution in [2.24, 2.45) is 0 Å². The first-order valence-electron chi connectivity index (χ1n) is 4.67. The highest BCUT2D eigenvalue weighted by Gasteiger charge is 2.14. The van der Waals surface area contributed by atoms with E-state index in [1.54, 1.807) is 14.2 Å². The number of aryl methyl sites for hydroxylation is 1. The van der Waals surface area contributed by atoms with E-state index in [0.29, 0.717) is 15.0 Å². The van der Waals surface area contributed by atoms with Gasteiger partial charge >= 0.3 is 0 Å². The summed E-state index contributed by atoms with van der Waals surface area (Å²) < 4.78 is 10.8. The normalized spacial score (nSPS) is 10.2. The van der Waals surface area contributed by atoms with Gasteiger partial charge in [0.25, 0.3) is 0 Å². The first kappa shape index (κ1) is 12.4. The van der Waals surface area contributed by atoms with Gasteiger partial charge in [-0.3, -0.25) is 0 Å². The molecular formula is C11H15ClO2Si. The number of benzene rings is 1. The van der Waals surface area contributed by atoms with Crippen LogP contribution in [0.5, 0.6) is 11.5 Å². The van der Waals surface area contributed by atoms with Crippen molar-refractivity contribution in [1.29, 1.82) is 0 Å². The predicted octanol–water partition coefficient (Wildman–Crippen LogP) is 1.85. The number of halogens is 1. The maximum absolute atomic E-state index is 5.77. The van der Waals surface area contributed by atoms with E-state index < -0.39 is 0 Å². The third-order valence-electron chi connectivity index (χ3n) is 2.41. The van der Waals surface area contributed by atoms with E-state index in [0.717, 1.165) is 22.2 Å². The Kier molecular flexibility index (Phi) is 4.48. The third-order valence-corrected chi connectivity index (χ3v) is 3.70. The molecule has 0 heterocycles. The van der Waals surface area contributed by atoms with E-state index in [2.05, 4.69) is 13.0 Å². The molecule has 0 fully saturated rings. The van der Waals surface area contributed by atoms with E-state index in [1.165, 1.54) is 5.56 Å². The average Bonchev–Trinajstić information content (AvgIpc) is 2.23. The van der Waals surface area contributed by atoms with Crippen LogP contribution in [-0.2, 0) is 0 Å². The molecule has 0 atom stereocenters. The van der Waals surface area contributed by atoms with E-state index in [9.17, 15) is 0 Å². The first-order valence-corrected chi connectivity index (χ1v) is 6.41. The fraction of sp³-hybridized carbons (Fsp3) is 0.455. The van der Waals surface area contributed by atoms with E-state index in [1.807, 2.05) is 6.92 Å². The lowest BCUT2D eigenvalue weighted by atomic mass is 10.1. The summed E-state index contributed by atoms with van der Waals surface area (Å²) in [5.74, 6) is 1.64. The minimum atomic E-state index is 0.545. The zero-order valence-corrected chi connectivity index (χ0v) is 11.2. The quantitative estimate of drug-likeness (QED) is 0.593. The smallest absolute Gasteiger partial charge is 0.163 e. The fourth-order valence-electron chi connectivity index (χ4n) is 1.51. The van der Waals surface area contributed by atoms with Gasteiger partial charge in [-0.05, 0) is 30.2 Å². The first-order chi connectivity index (χ1) is 7.15. The van der Waals surface area contributed by atoms with Crippen LogP contribution in [0.2, 0.25) is 0 Å². The molecule has 0 unspecified atom stereocenters. The molecule has 0 aliphatic heterocycles. The van der Waals surface area contributed by atoms with E-state index in [-0.39, 0.29) is 0 Å². The van der Waals surface area contributed by atoms with Crippen molar-refractivity contribution in [2.75, 3.05) is 19.7 Å². The van der Waals surface area contributed by atoms with Crippen molar-refractivity contribution < 1.29 is 9.47 Å². The van der Waals surface area contributed by atoms with Gasteiger partial charge in [0.1, 0.15) is 9.52 Å². The van der Waals surface area contributed by atoms with Crippen LogP contribution in [0.1, 0.15) is 11.1 Å². The van der Waals surface area contributed by atoms with Crippen LogP contribution in [0, 0.1) is 13.8 Å². The number of rotatable bonds is 4. The number of hydrogen-bond donors (Lipinski definition) is 0. The highest BCUT2D eigenvalue weighted by Crippen LogP contribution is 2.30. The van der Waals surface area contributed by atoms with Gasteiger partial charge in [0.05, 0.1) is 14.2 Å². The molecule has 4 heteroatoms. The van der Waals surface area contributed by atoms with Crippen LogP contribution in [0.3, 0.4) is 0 Å². The molecule has 82 valence electrons. The molecule has 0 saturated heterocycles. The van der Waals surface area contributed by atoms with Crippen molar-refractivity contribution >= 4 is 26.3 Å². The van der Waals surface area contributed by atoms with E-state index in [4.69, 9.17) is 21.1 Å². The summed E-state index contributed by atoms with van der Waals surface area (Å²) in [7, 11) is 3.87. The standard InChI is InChI=1S/C11H15ClO2Si/c1-7-5-9(15-6-12)11(14-4)10(13-3)8(7)2/h5H,6H2,1-4H3. The summed E-state index contributed by atoms with van der Waals surface area (Å²) in [6.45, 7) is 4.10. The Hall–Kier alpha value is -0.673. The highest BCUT2D eigenvalue weighted by atomic mass is 35.5. The zero-order valence-electron chi connectivity index (χ0n) is 9.48. The van der Waals surface area contributed by atoms with Crippen molar-refractivity contribution in [3.63, 3.8) is 0 Å². The molecule has 2 nitrogen and oxygen atoms in total. The van der Waals surface area contributed by atoms with Gasteiger partial charge in [-0.15, -0.1) is 11.6 Å². The molecular weight excluding hydrogens is 228 g/mol. The molecule has 0 aromatic heterocycles. The Labute approximate surface area is 98.4 Å². The number of hydrogen-bond acceptors (Lipinski definition) is 2. The third kappa shape index (κ3) is 2.47. The maximum Gasteiger partial charge on any atom is 0.163 e. The summed E-state index contributed by atoms with van der Waals surface area (Å²) in [4.78, 5) is 0. The van der Waals surface area contributed by atoms with Crippen LogP contribution in [0.15, 0.2) is 6.07 Å². The molecule has 0 spiro atoms. The zero-order chi connectivity index (χ0) is 11.4. The van der Waals surface area contributed by atoms with E-state index >= 15 is 0 Å². The van der Waals surface area contributed by atoms with Crippen LogP contribution in [0.25, 0.3) is 0 Å². The average molecular weight is 243 g/mol. The monoisotopic (exact) mass is 242 g/mol. The number of alkyl halides is 1. The molecule has 1 aromatic carbocycles. The largest absolute Gasteiger partial charge is 0.493 e. The molecule has 0 saturated carbocycles. The maximum atomic E-state index is 5.77. The second-order valence-electron chi connectivity index (χ2n) is 3.24. The highest BCUT2D eigenvalue weighted by molar-refractivity contribution is 6.63. The molecule has 0 amide bonds. The molecule has 15 heavy (non-hydrogen) atoms. The Morgan fingerprint density at radius 2 is 1.80 bits per heavy atom. The van der Waals surface area contributed by atoms with Crippen molar-refractivity contribution in [3.8, 4) is 11.5 Å². The lowest BCUT2D eigenvalue weighted by molar-refractivity contribution is 0.355. The molecule has 0 bridgehead atoms. The topological polar surface area (TPSA) is 18.5 Å². The van der Waals surface area contributed by atoms with Gasteiger partial charge in [0, 0.05) is 5.50 Å². The lowest BCUT2D eigenvalue weighted by Gasteiger charge is -2.16. The van der Waals surface area contributed by atoms with Crippen LogP contribution in [0.4, 0.5) is 0 Å². The summed E-state index contributed by atoms with van der Waals surface area (Å²) in [6, 6.07) is 2.12. The summed E-state index contributed by atoms with van der Waals surface area (Å²) in [6.07, 6.45) is 0. The number of ether oxygens (including phenoxy) is 2. The SMILES string of the molecule is COc1c([Si]CCl)cc(C)c(C)c1OC. The second-order valence-corrected chi connectivity index (χ2v) is 5.20. The van der Waals surface area contributed by atoms with Gasteiger partial charge in [0.2, 0.25) is 0 Å². The molecule has 0 N–H and O–H groups in total. The predicted molar refractivity (Wildman–Crippen MR) is 65.1 cm³/mol. The Morgan fingerprint density at radius 1 is 1.20 bits per heavy atom. The second kappa shape index (κ2) is 5.42. The minimum Gasteiger partial charge on any atom is -0.493 e. The van der Waals surface area contributed by atoms with Crippen LogP contribution in [-0.4, -0.2) is 29.2 Å². The summed E-state index contributed by atoms with van der Waals surface area (Å²) in [5, 5.41) is 1.13. The van der Waals surface area contributed by atoms with Gasteiger partial charge in [-0.1, -0.05) is 6.07 Å². The van der Waals surface area contributed by atoms with Gasteiger partial charge in [-0.2, -0.15) is 0 Å². The van der Waals surface area contributed by atoms with Crippen LogP contribution < -0.4 is 14.7 Å².